The molecular formula is C13H13N3O4S. The lowest BCUT2D eigenvalue weighted by Gasteiger charge is -2.08. The van der Waals surface area contributed by atoms with Gasteiger partial charge in [0.1, 0.15) is 5.25 Å². The first-order valence-electron chi connectivity index (χ1n) is 6.02. The van der Waals surface area contributed by atoms with Gasteiger partial charge in [-0.25, -0.2) is 4.79 Å². The van der Waals surface area contributed by atoms with Crippen molar-refractivity contribution in [2.45, 2.75) is 11.7 Å². The summed E-state index contributed by atoms with van der Waals surface area (Å²) in [6, 6.07) is 6.24. The number of aliphatic imine (C=N–C) groups is 1. The number of benzene rings is 1. The molecule has 1 heterocycles. The third kappa shape index (κ3) is 3.82. The summed E-state index contributed by atoms with van der Waals surface area (Å²) >= 11 is 1.08. The molecule has 8 heteroatoms. The number of nitrogens with two attached hydrogens (primary N) is 1. The van der Waals surface area contributed by atoms with E-state index in [4.69, 9.17) is 5.73 Å². The molecule has 1 aliphatic heterocycles. The first-order valence-corrected chi connectivity index (χ1v) is 6.90. The van der Waals surface area contributed by atoms with Gasteiger partial charge in [0.15, 0.2) is 5.17 Å². The van der Waals surface area contributed by atoms with E-state index in [0.29, 0.717) is 11.3 Å². The van der Waals surface area contributed by atoms with Crippen molar-refractivity contribution in [2.75, 3.05) is 12.4 Å². The maximum Gasteiger partial charge on any atom is 0.337 e. The summed E-state index contributed by atoms with van der Waals surface area (Å²) in [7, 11) is 1.29. The summed E-state index contributed by atoms with van der Waals surface area (Å²) in [5.74, 6) is -1.17. The highest BCUT2D eigenvalue weighted by atomic mass is 32.2. The maximum atomic E-state index is 11.8. The van der Waals surface area contributed by atoms with Crippen molar-refractivity contribution in [3.8, 4) is 0 Å². The van der Waals surface area contributed by atoms with E-state index in [1.807, 2.05) is 0 Å². The van der Waals surface area contributed by atoms with Crippen molar-refractivity contribution in [3.63, 3.8) is 0 Å². The molecule has 1 atom stereocenters. The quantitative estimate of drug-likeness (QED) is 0.794. The zero-order chi connectivity index (χ0) is 15.4. The Labute approximate surface area is 124 Å². The summed E-state index contributed by atoms with van der Waals surface area (Å²) in [5.41, 5.74) is 6.33. The molecule has 0 fully saturated rings. The third-order valence-corrected chi connectivity index (χ3v) is 3.70. The zero-order valence-corrected chi connectivity index (χ0v) is 12.0. The van der Waals surface area contributed by atoms with Crippen LogP contribution in [-0.2, 0) is 14.3 Å². The molecule has 1 unspecified atom stereocenters. The molecule has 0 saturated heterocycles. The molecule has 110 valence electrons. The predicted octanol–water partition coefficient (Wildman–Crippen LogP) is 0.758. The van der Waals surface area contributed by atoms with Gasteiger partial charge >= 0.3 is 5.97 Å². The van der Waals surface area contributed by atoms with E-state index >= 15 is 0 Å². The van der Waals surface area contributed by atoms with E-state index in [0.717, 1.165) is 11.8 Å². The number of amides is 2. The van der Waals surface area contributed by atoms with Gasteiger partial charge in [0.05, 0.1) is 12.7 Å². The Morgan fingerprint density at radius 3 is 2.57 bits per heavy atom. The molecular weight excluding hydrogens is 294 g/mol. The number of nitrogens with one attached hydrogen (secondary N) is 1. The summed E-state index contributed by atoms with van der Waals surface area (Å²) in [6.45, 7) is 0. The number of esters is 1. The van der Waals surface area contributed by atoms with Gasteiger partial charge in [-0.1, -0.05) is 11.8 Å². The number of nitrogens with zero attached hydrogens (tertiary/aromatic N) is 1. The average Bonchev–Trinajstić information content (AvgIpc) is 2.76. The fraction of sp³-hybridized carbons (Fsp3) is 0.231. The minimum Gasteiger partial charge on any atom is -0.465 e. The van der Waals surface area contributed by atoms with Crippen molar-refractivity contribution < 1.29 is 19.1 Å². The van der Waals surface area contributed by atoms with Crippen LogP contribution in [0.2, 0.25) is 0 Å². The van der Waals surface area contributed by atoms with Crippen LogP contribution in [0.1, 0.15) is 16.8 Å². The summed E-state index contributed by atoms with van der Waals surface area (Å²) in [4.78, 5) is 38.1. The summed E-state index contributed by atoms with van der Waals surface area (Å²) in [6.07, 6.45) is -0.00749. The van der Waals surface area contributed by atoms with Crippen molar-refractivity contribution in [2.24, 2.45) is 10.7 Å². The first-order chi connectivity index (χ1) is 9.99. The number of hydrogen-bond acceptors (Lipinski definition) is 6. The Morgan fingerprint density at radius 1 is 1.38 bits per heavy atom. The standard InChI is InChI=1S/C13H13N3O4S/c1-20-12(19)7-2-4-8(5-3-7)15-10(17)6-9-11(18)16-13(14)21-9/h2-5,9H,6H2,1H3,(H,15,17)(H2,14,16,18). The topological polar surface area (TPSA) is 111 Å². The van der Waals surface area contributed by atoms with Crippen LogP contribution >= 0.6 is 11.8 Å². The summed E-state index contributed by atoms with van der Waals surface area (Å²) < 4.78 is 4.58. The van der Waals surface area contributed by atoms with Gasteiger partial charge in [0.2, 0.25) is 5.91 Å². The Bertz CT molecular complexity index is 612. The van der Waals surface area contributed by atoms with Crippen molar-refractivity contribution >= 4 is 40.4 Å². The Balaban J connectivity index is 1.91. The van der Waals surface area contributed by atoms with Gasteiger partial charge in [-0.05, 0) is 24.3 Å². The lowest BCUT2D eigenvalue weighted by atomic mass is 10.2. The van der Waals surface area contributed by atoms with Crippen LogP contribution in [0.15, 0.2) is 29.3 Å². The molecule has 2 amide bonds. The van der Waals surface area contributed by atoms with Crippen molar-refractivity contribution in [3.05, 3.63) is 29.8 Å². The number of carbonyl (C=O) groups excluding carboxylic acids is 3. The number of anilines is 1. The fourth-order valence-electron chi connectivity index (χ4n) is 1.72. The molecule has 21 heavy (non-hydrogen) atoms. The van der Waals surface area contributed by atoms with Gasteiger partial charge in [0.25, 0.3) is 5.91 Å². The van der Waals surface area contributed by atoms with E-state index in [2.05, 4.69) is 15.0 Å². The second-order valence-electron chi connectivity index (χ2n) is 4.22. The maximum absolute atomic E-state index is 11.8. The van der Waals surface area contributed by atoms with Crippen LogP contribution in [0.5, 0.6) is 0 Å². The normalized spacial score (nSPS) is 17.3. The molecule has 2 rings (SSSR count). The molecule has 0 radical (unpaired) electrons. The lowest BCUT2D eigenvalue weighted by molar-refractivity contribution is -0.121. The number of hydrogen-bond donors (Lipinski definition) is 2. The SMILES string of the molecule is COC(=O)c1ccc(NC(=O)CC2SC(N)=NC2=O)cc1. The molecule has 0 saturated carbocycles. The van der Waals surface area contributed by atoms with Crippen LogP contribution in [0.25, 0.3) is 0 Å². The molecule has 1 aromatic rings. The molecule has 1 aromatic carbocycles. The minimum absolute atomic E-state index is 0.00749. The number of ether oxygens (including phenoxy) is 1. The van der Waals surface area contributed by atoms with E-state index in [1.165, 1.54) is 19.2 Å². The zero-order valence-electron chi connectivity index (χ0n) is 11.2. The van der Waals surface area contributed by atoms with E-state index < -0.39 is 17.1 Å². The second-order valence-corrected chi connectivity index (χ2v) is 5.44. The van der Waals surface area contributed by atoms with E-state index in [1.54, 1.807) is 12.1 Å². The van der Waals surface area contributed by atoms with Crippen molar-refractivity contribution in [1.29, 1.82) is 0 Å². The number of methoxy groups -OCH3 is 1. The Kier molecular flexibility index (Phi) is 4.59. The average molecular weight is 307 g/mol. The number of carbonyl (C=O) groups is 3. The molecule has 0 spiro atoms. The molecule has 7 nitrogen and oxygen atoms in total. The molecule has 0 aromatic heterocycles. The largest absolute Gasteiger partial charge is 0.465 e. The highest BCUT2D eigenvalue weighted by Gasteiger charge is 2.29. The number of amidine groups is 1. The van der Waals surface area contributed by atoms with Gasteiger partial charge in [-0.3, -0.25) is 9.59 Å². The molecule has 1 aliphatic rings. The van der Waals surface area contributed by atoms with Crippen molar-refractivity contribution in [1.82, 2.24) is 0 Å². The van der Waals surface area contributed by atoms with Gasteiger partial charge in [-0.15, -0.1) is 0 Å². The van der Waals surface area contributed by atoms with Gasteiger partial charge in [0, 0.05) is 12.1 Å². The third-order valence-electron chi connectivity index (χ3n) is 2.72. The molecule has 0 aliphatic carbocycles. The highest BCUT2D eigenvalue weighted by molar-refractivity contribution is 8.15. The molecule has 3 N–H and O–H groups in total. The summed E-state index contributed by atoms with van der Waals surface area (Å²) in [5, 5.41) is 2.25. The van der Waals surface area contributed by atoms with E-state index in [9.17, 15) is 14.4 Å². The smallest absolute Gasteiger partial charge is 0.337 e. The van der Waals surface area contributed by atoms with Crippen LogP contribution < -0.4 is 11.1 Å². The van der Waals surface area contributed by atoms with Gasteiger partial charge in [-0.2, -0.15) is 4.99 Å². The molecule has 0 bridgehead atoms. The van der Waals surface area contributed by atoms with E-state index in [-0.39, 0.29) is 17.5 Å². The van der Waals surface area contributed by atoms with Gasteiger partial charge < -0.3 is 15.8 Å². The van der Waals surface area contributed by atoms with Crippen LogP contribution in [-0.4, -0.2) is 35.3 Å². The lowest BCUT2D eigenvalue weighted by Crippen LogP contribution is -2.21. The minimum atomic E-state index is -0.570. The highest BCUT2D eigenvalue weighted by Crippen LogP contribution is 2.23. The van der Waals surface area contributed by atoms with Crippen LogP contribution in [0, 0.1) is 0 Å². The predicted molar refractivity (Wildman–Crippen MR) is 79.0 cm³/mol. The monoisotopic (exact) mass is 307 g/mol. The van der Waals surface area contributed by atoms with Crippen LogP contribution in [0.4, 0.5) is 5.69 Å². The number of rotatable bonds is 4. The first kappa shape index (κ1) is 15.0. The van der Waals surface area contributed by atoms with Crippen LogP contribution in [0.3, 0.4) is 0 Å². The Hall–Kier alpha value is -2.35. The fourth-order valence-corrected chi connectivity index (χ4v) is 2.54. The second kappa shape index (κ2) is 6.40. The number of thioether (sulfide) groups is 1. The Morgan fingerprint density at radius 2 is 2.05 bits per heavy atom.